The maximum Gasteiger partial charge on any atom is 0.180 e. The SMILES string of the molecule is CCCNC(COC)CS(=O)(=O)c1ccc(C)c(C)c1. The summed E-state index contributed by atoms with van der Waals surface area (Å²) in [5, 5.41) is 3.22. The molecular weight excluding hydrogens is 274 g/mol. The predicted octanol–water partition coefficient (Wildman–Crippen LogP) is 2.09. The first-order valence-corrected chi connectivity index (χ1v) is 8.58. The van der Waals surface area contributed by atoms with Gasteiger partial charge in [-0.25, -0.2) is 8.42 Å². The van der Waals surface area contributed by atoms with Crippen LogP contribution in [0.4, 0.5) is 0 Å². The largest absolute Gasteiger partial charge is 0.383 e. The Morgan fingerprint density at radius 2 is 1.95 bits per heavy atom. The molecule has 1 aromatic carbocycles. The molecule has 0 aliphatic rings. The Balaban J connectivity index is 2.87. The lowest BCUT2D eigenvalue weighted by Gasteiger charge is -2.18. The van der Waals surface area contributed by atoms with Gasteiger partial charge < -0.3 is 10.1 Å². The fourth-order valence-corrected chi connectivity index (χ4v) is 3.55. The van der Waals surface area contributed by atoms with Crippen LogP contribution in [0.15, 0.2) is 23.1 Å². The third-order valence-electron chi connectivity index (χ3n) is 3.31. The summed E-state index contributed by atoms with van der Waals surface area (Å²) in [6.45, 7) is 7.13. The summed E-state index contributed by atoms with van der Waals surface area (Å²) in [4.78, 5) is 0.389. The van der Waals surface area contributed by atoms with E-state index >= 15 is 0 Å². The van der Waals surface area contributed by atoms with Crippen molar-refractivity contribution in [1.29, 1.82) is 0 Å². The van der Waals surface area contributed by atoms with Crippen LogP contribution in [-0.2, 0) is 14.6 Å². The molecule has 1 aromatic rings. The minimum absolute atomic E-state index is 0.0589. The van der Waals surface area contributed by atoms with Gasteiger partial charge in [0.15, 0.2) is 9.84 Å². The van der Waals surface area contributed by atoms with Crippen molar-refractivity contribution in [3.05, 3.63) is 29.3 Å². The van der Waals surface area contributed by atoms with Gasteiger partial charge in [-0.05, 0) is 50.1 Å². The van der Waals surface area contributed by atoms with Gasteiger partial charge in [-0.15, -0.1) is 0 Å². The number of hydrogen-bond donors (Lipinski definition) is 1. The Bertz CT molecular complexity index is 526. The van der Waals surface area contributed by atoms with Crippen molar-refractivity contribution in [2.24, 2.45) is 0 Å². The Morgan fingerprint density at radius 3 is 2.50 bits per heavy atom. The monoisotopic (exact) mass is 299 g/mol. The van der Waals surface area contributed by atoms with Gasteiger partial charge in [0.05, 0.1) is 17.3 Å². The zero-order valence-electron chi connectivity index (χ0n) is 12.8. The van der Waals surface area contributed by atoms with Crippen molar-refractivity contribution in [2.45, 2.75) is 38.1 Å². The normalized spacial score (nSPS) is 13.4. The van der Waals surface area contributed by atoms with Crippen LogP contribution in [-0.4, -0.2) is 40.5 Å². The van der Waals surface area contributed by atoms with Crippen LogP contribution in [0, 0.1) is 13.8 Å². The van der Waals surface area contributed by atoms with Crippen LogP contribution >= 0.6 is 0 Å². The summed E-state index contributed by atoms with van der Waals surface area (Å²) in [5.74, 6) is 0.0589. The smallest absolute Gasteiger partial charge is 0.180 e. The van der Waals surface area contributed by atoms with Crippen molar-refractivity contribution < 1.29 is 13.2 Å². The second-order valence-electron chi connectivity index (χ2n) is 5.13. The first kappa shape index (κ1) is 17.1. The molecule has 0 amide bonds. The first-order chi connectivity index (χ1) is 9.40. The second kappa shape index (κ2) is 7.76. The lowest BCUT2D eigenvalue weighted by molar-refractivity contribution is 0.173. The van der Waals surface area contributed by atoms with E-state index in [0.717, 1.165) is 24.1 Å². The number of hydrogen-bond acceptors (Lipinski definition) is 4. The first-order valence-electron chi connectivity index (χ1n) is 6.93. The molecule has 0 radical (unpaired) electrons. The maximum absolute atomic E-state index is 12.4. The van der Waals surface area contributed by atoms with E-state index in [1.807, 2.05) is 19.9 Å². The summed E-state index contributed by atoms with van der Waals surface area (Å²) in [6.07, 6.45) is 0.962. The highest BCUT2D eigenvalue weighted by Crippen LogP contribution is 2.17. The lowest BCUT2D eigenvalue weighted by Crippen LogP contribution is -2.39. The maximum atomic E-state index is 12.4. The second-order valence-corrected chi connectivity index (χ2v) is 7.17. The van der Waals surface area contributed by atoms with Crippen LogP contribution in [0.3, 0.4) is 0 Å². The minimum atomic E-state index is -3.29. The third kappa shape index (κ3) is 4.89. The van der Waals surface area contributed by atoms with E-state index in [0.29, 0.717) is 11.5 Å². The highest BCUT2D eigenvalue weighted by molar-refractivity contribution is 7.91. The lowest BCUT2D eigenvalue weighted by atomic mass is 10.1. The minimum Gasteiger partial charge on any atom is -0.383 e. The Kier molecular flexibility index (Phi) is 6.65. The summed E-state index contributed by atoms with van der Waals surface area (Å²) in [6, 6.07) is 5.11. The third-order valence-corrected chi connectivity index (χ3v) is 5.12. The number of rotatable bonds is 8. The Morgan fingerprint density at radius 1 is 1.25 bits per heavy atom. The fourth-order valence-electron chi connectivity index (χ4n) is 1.98. The van der Waals surface area contributed by atoms with Crippen molar-refractivity contribution in [3.8, 4) is 0 Å². The van der Waals surface area contributed by atoms with E-state index in [-0.39, 0.29) is 11.8 Å². The highest BCUT2D eigenvalue weighted by Gasteiger charge is 2.21. The molecule has 0 aliphatic carbocycles. The van der Waals surface area contributed by atoms with Gasteiger partial charge in [0.25, 0.3) is 0 Å². The molecule has 0 saturated heterocycles. The van der Waals surface area contributed by atoms with Gasteiger partial charge in [-0.3, -0.25) is 0 Å². The predicted molar refractivity (Wildman–Crippen MR) is 81.9 cm³/mol. The molecule has 1 N–H and O–H groups in total. The average molecular weight is 299 g/mol. The van der Waals surface area contributed by atoms with E-state index in [4.69, 9.17) is 4.74 Å². The molecule has 5 heteroatoms. The van der Waals surface area contributed by atoms with E-state index < -0.39 is 9.84 Å². The average Bonchev–Trinajstić information content (AvgIpc) is 2.39. The molecule has 114 valence electrons. The van der Waals surface area contributed by atoms with Crippen molar-refractivity contribution >= 4 is 9.84 Å². The van der Waals surface area contributed by atoms with E-state index in [9.17, 15) is 8.42 Å². The molecule has 1 rings (SSSR count). The molecular formula is C15H25NO3S. The summed E-state index contributed by atoms with van der Waals surface area (Å²) < 4.78 is 30.0. The summed E-state index contributed by atoms with van der Waals surface area (Å²) in [5.41, 5.74) is 2.09. The van der Waals surface area contributed by atoms with Gasteiger partial charge in [-0.1, -0.05) is 13.0 Å². The molecule has 20 heavy (non-hydrogen) atoms. The summed E-state index contributed by atoms with van der Waals surface area (Å²) in [7, 11) is -1.71. The molecule has 0 spiro atoms. The number of methoxy groups -OCH3 is 1. The van der Waals surface area contributed by atoms with Gasteiger partial charge in [0.2, 0.25) is 0 Å². The molecule has 1 unspecified atom stereocenters. The fraction of sp³-hybridized carbons (Fsp3) is 0.600. The zero-order chi connectivity index (χ0) is 15.2. The number of nitrogens with one attached hydrogen (secondary N) is 1. The number of sulfone groups is 1. The summed E-state index contributed by atoms with van der Waals surface area (Å²) >= 11 is 0. The molecule has 0 saturated carbocycles. The van der Waals surface area contributed by atoms with E-state index in [1.54, 1.807) is 19.2 Å². The van der Waals surface area contributed by atoms with Crippen molar-refractivity contribution in [3.63, 3.8) is 0 Å². The topological polar surface area (TPSA) is 55.4 Å². The molecule has 0 bridgehead atoms. The standard InChI is InChI=1S/C15H25NO3S/c1-5-8-16-14(10-19-4)11-20(17,18)15-7-6-12(2)13(3)9-15/h6-7,9,14,16H,5,8,10-11H2,1-4H3. The van der Waals surface area contributed by atoms with Crippen LogP contribution in [0.1, 0.15) is 24.5 Å². The highest BCUT2D eigenvalue weighted by atomic mass is 32.2. The van der Waals surface area contributed by atoms with E-state index in [1.165, 1.54) is 0 Å². The van der Waals surface area contributed by atoms with Crippen LogP contribution in [0.5, 0.6) is 0 Å². The Hall–Kier alpha value is -0.910. The molecule has 4 nitrogen and oxygen atoms in total. The number of ether oxygens (including phenoxy) is 1. The Labute approximate surface area is 122 Å². The van der Waals surface area contributed by atoms with Crippen LogP contribution in [0.2, 0.25) is 0 Å². The van der Waals surface area contributed by atoms with Crippen molar-refractivity contribution in [2.75, 3.05) is 26.0 Å². The molecule has 0 aromatic heterocycles. The van der Waals surface area contributed by atoms with Gasteiger partial charge >= 0.3 is 0 Å². The number of benzene rings is 1. The van der Waals surface area contributed by atoms with Gasteiger partial charge in [-0.2, -0.15) is 0 Å². The zero-order valence-corrected chi connectivity index (χ0v) is 13.6. The van der Waals surface area contributed by atoms with Crippen LogP contribution < -0.4 is 5.32 Å². The quantitative estimate of drug-likeness (QED) is 0.798. The van der Waals surface area contributed by atoms with Gasteiger partial charge in [0.1, 0.15) is 0 Å². The molecule has 0 fully saturated rings. The molecule has 0 heterocycles. The molecule has 1 atom stereocenters. The molecule has 0 aliphatic heterocycles. The number of aryl methyl sites for hydroxylation is 2. The van der Waals surface area contributed by atoms with Crippen LogP contribution in [0.25, 0.3) is 0 Å². The van der Waals surface area contributed by atoms with E-state index in [2.05, 4.69) is 12.2 Å². The van der Waals surface area contributed by atoms with Crippen molar-refractivity contribution in [1.82, 2.24) is 5.32 Å². The van der Waals surface area contributed by atoms with Gasteiger partial charge in [0, 0.05) is 13.2 Å².